The fourth-order valence-electron chi connectivity index (χ4n) is 2.45. The molecular weight excluding hydrogens is 156 g/mol. The van der Waals surface area contributed by atoms with Gasteiger partial charge in [0.15, 0.2) is 0 Å². The van der Waals surface area contributed by atoms with Gasteiger partial charge in [-0.2, -0.15) is 0 Å². The second-order valence-electron chi connectivity index (χ2n) is 3.91. The van der Waals surface area contributed by atoms with Gasteiger partial charge in [0.05, 0.1) is 0 Å². The summed E-state index contributed by atoms with van der Waals surface area (Å²) in [5.41, 5.74) is 4.62. The van der Waals surface area contributed by atoms with Gasteiger partial charge in [0.25, 0.3) is 0 Å². The molecule has 13 heavy (non-hydrogen) atoms. The van der Waals surface area contributed by atoms with Crippen LogP contribution in [-0.2, 0) is 6.42 Å². The van der Waals surface area contributed by atoms with Crippen LogP contribution in [0.3, 0.4) is 0 Å². The second kappa shape index (κ2) is 3.37. The molecule has 1 atom stereocenters. The number of hydrogen-bond donors (Lipinski definition) is 0. The summed E-state index contributed by atoms with van der Waals surface area (Å²) in [7, 11) is 0. The molecule has 0 nitrogen and oxygen atoms in total. The first-order valence-corrected chi connectivity index (χ1v) is 5.02. The lowest BCUT2D eigenvalue weighted by atomic mass is 9.94. The van der Waals surface area contributed by atoms with Crippen LogP contribution in [0.15, 0.2) is 30.9 Å². The van der Waals surface area contributed by atoms with Crippen molar-refractivity contribution in [2.75, 3.05) is 0 Å². The van der Waals surface area contributed by atoms with E-state index in [2.05, 4.69) is 31.7 Å². The van der Waals surface area contributed by atoms with Gasteiger partial charge in [-0.1, -0.05) is 24.3 Å². The molecule has 1 aromatic carbocycles. The van der Waals surface area contributed by atoms with E-state index in [-0.39, 0.29) is 0 Å². The van der Waals surface area contributed by atoms with Crippen molar-refractivity contribution in [2.45, 2.75) is 32.1 Å². The minimum absolute atomic E-state index is 0.744. The van der Waals surface area contributed by atoms with Gasteiger partial charge < -0.3 is 0 Å². The number of fused-ring (bicyclic) bond motifs is 1. The Bertz CT molecular complexity index is 323. The van der Waals surface area contributed by atoms with Gasteiger partial charge in [-0.25, -0.2) is 0 Å². The minimum Gasteiger partial charge on any atom is -0.103 e. The molecule has 0 heteroatoms. The largest absolute Gasteiger partial charge is 0.103 e. The number of aryl methyl sites for hydroxylation is 2. The van der Waals surface area contributed by atoms with Crippen LogP contribution in [-0.4, -0.2) is 0 Å². The Labute approximate surface area is 80.3 Å². The predicted molar refractivity (Wildman–Crippen MR) is 57.1 cm³/mol. The van der Waals surface area contributed by atoms with Gasteiger partial charge >= 0.3 is 0 Å². The zero-order chi connectivity index (χ0) is 9.26. The normalized spacial score (nSPS) is 19.9. The van der Waals surface area contributed by atoms with Crippen molar-refractivity contribution in [2.24, 2.45) is 0 Å². The monoisotopic (exact) mass is 172 g/mol. The number of allylic oxidation sites excluding steroid dienone is 1. The SMILES string of the molecule is C=CCC1CCc2cccc(C)c21. The Hall–Kier alpha value is -1.04. The Morgan fingerprint density at radius 2 is 2.38 bits per heavy atom. The highest BCUT2D eigenvalue weighted by Gasteiger charge is 2.22. The quantitative estimate of drug-likeness (QED) is 0.598. The average Bonchev–Trinajstić information content (AvgIpc) is 2.51. The zero-order valence-electron chi connectivity index (χ0n) is 8.22. The third kappa shape index (κ3) is 1.41. The molecular formula is C13H16. The fourth-order valence-corrected chi connectivity index (χ4v) is 2.45. The van der Waals surface area contributed by atoms with E-state index >= 15 is 0 Å². The fraction of sp³-hybridized carbons (Fsp3) is 0.385. The van der Waals surface area contributed by atoms with Crippen LogP contribution in [0.25, 0.3) is 0 Å². The van der Waals surface area contributed by atoms with E-state index in [1.165, 1.54) is 18.4 Å². The van der Waals surface area contributed by atoms with Crippen molar-refractivity contribution in [3.05, 3.63) is 47.5 Å². The Kier molecular flexibility index (Phi) is 2.22. The first-order valence-electron chi connectivity index (χ1n) is 5.02. The first-order chi connectivity index (χ1) is 6.33. The number of hydrogen-bond acceptors (Lipinski definition) is 0. The molecule has 68 valence electrons. The molecule has 1 unspecified atom stereocenters. The smallest absolute Gasteiger partial charge is 0.0119 e. The molecule has 0 radical (unpaired) electrons. The average molecular weight is 172 g/mol. The van der Waals surface area contributed by atoms with Crippen molar-refractivity contribution < 1.29 is 0 Å². The Balaban J connectivity index is 2.39. The van der Waals surface area contributed by atoms with E-state index in [9.17, 15) is 0 Å². The van der Waals surface area contributed by atoms with Crippen molar-refractivity contribution in [1.82, 2.24) is 0 Å². The molecule has 0 bridgehead atoms. The molecule has 1 aliphatic carbocycles. The van der Waals surface area contributed by atoms with E-state index in [0.29, 0.717) is 0 Å². The summed E-state index contributed by atoms with van der Waals surface area (Å²) in [5.74, 6) is 0.744. The molecule has 0 aromatic heterocycles. The lowest BCUT2D eigenvalue weighted by molar-refractivity contribution is 0.687. The highest BCUT2D eigenvalue weighted by molar-refractivity contribution is 5.41. The number of benzene rings is 1. The highest BCUT2D eigenvalue weighted by Crippen LogP contribution is 2.37. The topological polar surface area (TPSA) is 0 Å². The third-order valence-electron chi connectivity index (χ3n) is 3.04. The summed E-state index contributed by atoms with van der Waals surface area (Å²) in [6.07, 6.45) is 5.76. The van der Waals surface area contributed by atoms with Crippen LogP contribution in [0.5, 0.6) is 0 Å². The molecule has 0 spiro atoms. The second-order valence-corrected chi connectivity index (χ2v) is 3.91. The summed E-state index contributed by atoms with van der Waals surface area (Å²) in [6, 6.07) is 6.66. The van der Waals surface area contributed by atoms with E-state index in [1.54, 1.807) is 11.1 Å². The summed E-state index contributed by atoms with van der Waals surface area (Å²) >= 11 is 0. The predicted octanol–water partition coefficient (Wildman–Crippen LogP) is 3.60. The lowest BCUT2D eigenvalue weighted by Crippen LogP contribution is -1.94. The molecule has 0 amide bonds. The Morgan fingerprint density at radius 3 is 3.15 bits per heavy atom. The van der Waals surface area contributed by atoms with Crippen LogP contribution in [0.1, 0.15) is 35.4 Å². The van der Waals surface area contributed by atoms with Crippen LogP contribution >= 0.6 is 0 Å². The minimum atomic E-state index is 0.744. The maximum Gasteiger partial charge on any atom is -0.0119 e. The molecule has 0 saturated carbocycles. The summed E-state index contributed by atoms with van der Waals surface area (Å²) in [5, 5.41) is 0. The van der Waals surface area contributed by atoms with Gasteiger partial charge in [0, 0.05) is 0 Å². The van der Waals surface area contributed by atoms with E-state index < -0.39 is 0 Å². The molecule has 0 fully saturated rings. The molecule has 0 saturated heterocycles. The Morgan fingerprint density at radius 1 is 1.54 bits per heavy atom. The molecule has 1 aromatic rings. The standard InChI is InChI=1S/C13H16/c1-3-5-11-8-9-12-7-4-6-10(2)13(11)12/h3-4,6-7,11H,1,5,8-9H2,2H3. The van der Waals surface area contributed by atoms with E-state index in [4.69, 9.17) is 0 Å². The van der Waals surface area contributed by atoms with Crippen LogP contribution in [0.4, 0.5) is 0 Å². The van der Waals surface area contributed by atoms with Gasteiger partial charge in [-0.05, 0) is 48.8 Å². The van der Waals surface area contributed by atoms with Crippen LogP contribution < -0.4 is 0 Å². The van der Waals surface area contributed by atoms with Gasteiger partial charge in [-0.3, -0.25) is 0 Å². The van der Waals surface area contributed by atoms with E-state index in [1.807, 2.05) is 6.08 Å². The van der Waals surface area contributed by atoms with Crippen molar-refractivity contribution in [1.29, 1.82) is 0 Å². The maximum atomic E-state index is 3.83. The first kappa shape index (κ1) is 8.55. The molecule has 0 N–H and O–H groups in total. The maximum absolute atomic E-state index is 3.83. The summed E-state index contributed by atoms with van der Waals surface area (Å²) < 4.78 is 0. The highest BCUT2D eigenvalue weighted by atomic mass is 14.3. The molecule has 0 heterocycles. The third-order valence-corrected chi connectivity index (χ3v) is 3.04. The van der Waals surface area contributed by atoms with Gasteiger partial charge in [0.1, 0.15) is 0 Å². The van der Waals surface area contributed by atoms with Crippen molar-refractivity contribution in [3.8, 4) is 0 Å². The number of rotatable bonds is 2. The van der Waals surface area contributed by atoms with Gasteiger partial charge in [-0.15, -0.1) is 6.58 Å². The molecule has 2 rings (SSSR count). The van der Waals surface area contributed by atoms with Crippen LogP contribution in [0, 0.1) is 6.92 Å². The van der Waals surface area contributed by atoms with Crippen molar-refractivity contribution >= 4 is 0 Å². The summed E-state index contributed by atoms with van der Waals surface area (Å²) in [6.45, 7) is 6.05. The lowest BCUT2D eigenvalue weighted by Gasteiger charge is -2.11. The van der Waals surface area contributed by atoms with Crippen molar-refractivity contribution in [3.63, 3.8) is 0 Å². The zero-order valence-corrected chi connectivity index (χ0v) is 8.22. The molecule has 1 aliphatic rings. The van der Waals surface area contributed by atoms with Gasteiger partial charge in [0.2, 0.25) is 0 Å². The molecule has 0 aliphatic heterocycles. The van der Waals surface area contributed by atoms with E-state index in [0.717, 1.165) is 12.3 Å². The van der Waals surface area contributed by atoms with Crippen LogP contribution in [0.2, 0.25) is 0 Å². The summed E-state index contributed by atoms with van der Waals surface area (Å²) in [4.78, 5) is 0.